The second-order valence-corrected chi connectivity index (χ2v) is 27.4. The summed E-state index contributed by atoms with van der Waals surface area (Å²) in [4.78, 5) is 14.6. The van der Waals surface area contributed by atoms with Gasteiger partial charge in [0.15, 0.2) is 25.2 Å². The van der Waals surface area contributed by atoms with Gasteiger partial charge in [0.25, 0.3) is 0 Å². The minimum absolute atomic E-state index is 0.0364. The van der Waals surface area contributed by atoms with Crippen LogP contribution in [-0.2, 0) is 71.5 Å². The zero-order valence-corrected chi connectivity index (χ0v) is 48.1. The molecule has 11 N–H and O–H groups in total. The first-order valence-electron chi connectivity index (χ1n) is 28.5. The van der Waals surface area contributed by atoms with Crippen molar-refractivity contribution >= 4 is 16.4 Å². The number of methoxy groups -OCH3 is 1. The molecule has 0 aromatic carbocycles. The van der Waals surface area contributed by atoms with Crippen LogP contribution in [0.4, 0.5) is 0 Å². The zero-order chi connectivity index (χ0) is 59.1. The van der Waals surface area contributed by atoms with Crippen LogP contribution < -0.4 is 0 Å². The number of rotatable bonds is 14. The molecule has 10 aliphatic rings. The summed E-state index contributed by atoms with van der Waals surface area (Å²) in [6.45, 7) is 13.8. The molecule has 1 spiro atoms. The molecule has 0 radical (unpaired) electrons. The number of hydrogen-bond acceptors (Lipinski definition) is 25. The van der Waals surface area contributed by atoms with Crippen LogP contribution in [0.25, 0.3) is 0 Å². The number of cyclic esters (lactones) is 1. The Morgan fingerprint density at radius 2 is 1.25 bits per heavy atom. The Bertz CT molecular complexity index is 2430. The minimum atomic E-state index is -5.18. The molecule has 6 saturated heterocycles. The largest absolute Gasteiger partial charge is 0.456 e. The van der Waals surface area contributed by atoms with E-state index >= 15 is 0 Å². The Kier molecular flexibility index (Phi) is 17.0. The fraction of sp³-hybridized carbons (Fsp3) is 0.944. The van der Waals surface area contributed by atoms with Gasteiger partial charge in [0.05, 0.1) is 49.8 Å². The maximum absolute atomic E-state index is 14.6. The molecule has 12 unspecified atom stereocenters. The normalized spacial score (nSPS) is 53.2. The van der Waals surface area contributed by atoms with E-state index in [0.29, 0.717) is 25.7 Å². The molecule has 0 amide bonds. The number of fused-ring (bicyclic) bond motifs is 4. The third-order valence-electron chi connectivity index (χ3n) is 21.2. The molecule has 0 aromatic rings. The summed E-state index contributed by atoms with van der Waals surface area (Å²) in [5.74, 6) is -0.716. The van der Waals surface area contributed by atoms with Gasteiger partial charge in [0.2, 0.25) is 0 Å². The van der Waals surface area contributed by atoms with E-state index in [-0.39, 0.29) is 35.4 Å². The summed E-state index contributed by atoms with van der Waals surface area (Å²) in [7, 11) is -3.99. The summed E-state index contributed by atoms with van der Waals surface area (Å²) in [6, 6.07) is 0. The van der Waals surface area contributed by atoms with Crippen molar-refractivity contribution in [2.45, 2.75) is 253 Å². The van der Waals surface area contributed by atoms with Crippen LogP contribution in [0.1, 0.15) is 107 Å². The predicted octanol–water partition coefficient (Wildman–Crippen LogP) is -1.38. The minimum Gasteiger partial charge on any atom is -0.456 e. The van der Waals surface area contributed by atoms with Gasteiger partial charge in [-0.3, -0.25) is 9.35 Å². The van der Waals surface area contributed by atoms with E-state index in [2.05, 4.69) is 27.7 Å². The van der Waals surface area contributed by atoms with Gasteiger partial charge >= 0.3 is 16.4 Å². The number of carbonyl (C=O) groups is 1. The molecule has 10 rings (SSSR count). The number of esters is 1. The van der Waals surface area contributed by atoms with Crippen LogP contribution in [0.2, 0.25) is 0 Å². The van der Waals surface area contributed by atoms with Crippen molar-refractivity contribution in [1.29, 1.82) is 0 Å². The van der Waals surface area contributed by atoms with Gasteiger partial charge < -0.3 is 103 Å². The molecule has 4 aliphatic carbocycles. The van der Waals surface area contributed by atoms with Crippen LogP contribution >= 0.6 is 0 Å². The van der Waals surface area contributed by atoms with Gasteiger partial charge in [-0.15, -0.1) is 0 Å². The summed E-state index contributed by atoms with van der Waals surface area (Å²) >= 11 is 0. The van der Waals surface area contributed by atoms with Gasteiger partial charge in [-0.25, -0.2) is 4.18 Å². The Balaban J connectivity index is 0.846. The Hall–Kier alpha value is -1.72. The van der Waals surface area contributed by atoms with Crippen molar-refractivity contribution in [3.05, 3.63) is 11.6 Å². The lowest BCUT2D eigenvalue weighted by Gasteiger charge is -2.64. The lowest BCUT2D eigenvalue weighted by atomic mass is 9.40. The van der Waals surface area contributed by atoms with E-state index in [0.717, 1.165) is 31.3 Å². The number of aliphatic hydroxyl groups is 10. The molecule has 6 aliphatic heterocycles. The van der Waals surface area contributed by atoms with Gasteiger partial charge in [-0.05, 0) is 107 Å². The highest BCUT2D eigenvalue weighted by Gasteiger charge is 2.80. The van der Waals surface area contributed by atoms with Crippen molar-refractivity contribution in [2.24, 2.45) is 39.4 Å². The maximum Gasteiger partial charge on any atom is 0.397 e. The van der Waals surface area contributed by atoms with Gasteiger partial charge in [0, 0.05) is 13.0 Å². The average Bonchev–Trinajstić information content (AvgIpc) is 1.63. The van der Waals surface area contributed by atoms with Gasteiger partial charge in [-0.1, -0.05) is 39.3 Å². The first-order valence-corrected chi connectivity index (χ1v) is 29.9. The second kappa shape index (κ2) is 22.1. The lowest BCUT2D eigenvalue weighted by molar-refractivity contribution is -0.389. The number of carbonyl (C=O) groups excluding carboxylic acids is 1. The standard InChI is InChI=1S/C54H86O26S/c1-22-40(75-46-39(64)42(34(59)26(20-56)73-46)76-45-38(63)41(69-9)33(58)25(19-55)72-45)36(61)37(62)44(71-22)77-43-35(60)27(80-81(66,67)68)21-70-47(43)74-31-14-16-51(6)24-18-30(57)54-29(53(8,79-48(54)65)32-13-15-49(2,3)78-32)12-17-52(54,7)23(24)10-11-28(51)50(31,4)5/h18,22-23,25-47,55-64H,10-17,19-21H2,1-9H3,(H,66,67,68)/t22?,23?,25?,26?,27-,28?,29-,30?,31+,32?,33-,34-,35-,36+,37?,38?,39?,40-,41-,42-,43?,44+,45+,46+,47+,51-,52+,53-,54?/m1/s1. The number of allylic oxidation sites excluding steroid dienone is 1. The molecule has 9 fully saturated rings. The molecule has 0 bridgehead atoms. The monoisotopic (exact) mass is 1180 g/mol. The second-order valence-electron chi connectivity index (χ2n) is 26.4. The topological polar surface area (TPSA) is 385 Å². The first-order chi connectivity index (χ1) is 37.8. The van der Waals surface area contributed by atoms with E-state index in [4.69, 9.17) is 56.3 Å². The molecule has 6 heterocycles. The van der Waals surface area contributed by atoms with Crippen LogP contribution in [0.5, 0.6) is 0 Å². The number of aliphatic hydroxyl groups excluding tert-OH is 10. The summed E-state index contributed by atoms with van der Waals surface area (Å²) < 4.78 is 105. The van der Waals surface area contributed by atoms with Crippen LogP contribution in [-0.4, -0.2) is 243 Å². The highest BCUT2D eigenvalue weighted by molar-refractivity contribution is 7.80. The summed E-state index contributed by atoms with van der Waals surface area (Å²) in [6.07, 6.45) is -26.6. The van der Waals surface area contributed by atoms with Crippen molar-refractivity contribution in [2.75, 3.05) is 26.9 Å². The van der Waals surface area contributed by atoms with Crippen LogP contribution in [0.3, 0.4) is 0 Å². The molecule has 81 heavy (non-hydrogen) atoms. The van der Waals surface area contributed by atoms with Crippen molar-refractivity contribution in [3.63, 3.8) is 0 Å². The fourth-order valence-electron chi connectivity index (χ4n) is 17.0. The molecular weight excluding hydrogens is 1100 g/mol. The van der Waals surface area contributed by atoms with Crippen molar-refractivity contribution in [1.82, 2.24) is 0 Å². The van der Waals surface area contributed by atoms with Crippen LogP contribution in [0, 0.1) is 39.4 Å². The van der Waals surface area contributed by atoms with E-state index in [1.54, 1.807) is 0 Å². The number of hydrogen-bond donors (Lipinski definition) is 11. The van der Waals surface area contributed by atoms with Gasteiger partial charge in [0.1, 0.15) is 96.5 Å². The zero-order valence-electron chi connectivity index (χ0n) is 47.2. The summed E-state index contributed by atoms with van der Waals surface area (Å²) in [5.41, 5.74) is -3.05. The van der Waals surface area contributed by atoms with E-state index < -0.39 is 186 Å². The Morgan fingerprint density at radius 1 is 0.642 bits per heavy atom. The smallest absolute Gasteiger partial charge is 0.397 e. The van der Waals surface area contributed by atoms with Crippen molar-refractivity contribution in [3.8, 4) is 0 Å². The lowest BCUT2D eigenvalue weighted by Crippen LogP contribution is -2.67. The van der Waals surface area contributed by atoms with Gasteiger partial charge in [-0.2, -0.15) is 8.42 Å². The highest BCUT2D eigenvalue weighted by Crippen LogP contribution is 2.76. The van der Waals surface area contributed by atoms with E-state index in [9.17, 15) is 68.8 Å². The highest BCUT2D eigenvalue weighted by atomic mass is 32.3. The third kappa shape index (κ3) is 10.1. The summed E-state index contributed by atoms with van der Waals surface area (Å²) in [5, 5.41) is 112. The molecular formula is C54H86O26S. The Morgan fingerprint density at radius 3 is 1.85 bits per heavy atom. The number of ether oxygens (including phenoxy) is 11. The third-order valence-corrected chi connectivity index (χ3v) is 21.7. The maximum atomic E-state index is 14.6. The Labute approximate surface area is 471 Å². The predicted molar refractivity (Wildman–Crippen MR) is 272 cm³/mol. The van der Waals surface area contributed by atoms with Crippen LogP contribution in [0.15, 0.2) is 11.6 Å². The molecule has 0 aromatic heterocycles. The molecule has 27 heteroatoms. The molecule has 29 atom stereocenters. The quantitative estimate of drug-likeness (QED) is 0.0413. The first kappa shape index (κ1) is 62.3. The molecule has 26 nitrogen and oxygen atoms in total. The fourth-order valence-corrected chi connectivity index (χ4v) is 17.5. The molecule has 3 saturated carbocycles. The van der Waals surface area contributed by atoms with Crippen molar-refractivity contribution < 1.29 is 125 Å². The average molecular weight is 1180 g/mol. The van der Waals surface area contributed by atoms with E-state index in [1.165, 1.54) is 14.0 Å². The SMILES string of the molecule is CO[C@H]1C(O)[C@H](O[C@H]2C(O)[C@H](O[C@@H]3C(C)O[C@@H](OC4[C@H](O[C@H]5CC[C@]6(C)C7=CC(O)C89C(=O)O[C@@](C)(C%10CCC(C)(C)O%10)[C@H]8CC[C@@]9(C)C7CCC6C5(C)C)OC[C@@H](OS(=O)(=O)O)[C@H]4O)C(O)[C@@H]3O)OC(CO)[C@H]2O)OC(CO)[C@H]1O. The molecule has 464 valence electrons. The van der Waals surface area contributed by atoms with E-state index in [1.807, 2.05) is 26.8 Å².